The molecule has 6 aliphatic heterocycles. The highest BCUT2D eigenvalue weighted by Crippen LogP contribution is 2.61. The van der Waals surface area contributed by atoms with Crippen molar-refractivity contribution in [2.45, 2.75) is 178 Å². The van der Waals surface area contributed by atoms with Crippen molar-refractivity contribution < 1.29 is 57.2 Å². The smallest absolute Gasteiger partial charge is 0.343 e. The first-order valence-corrected chi connectivity index (χ1v) is 62.7. The van der Waals surface area contributed by atoms with Gasteiger partial charge in [0.25, 0.3) is 0 Å². The van der Waals surface area contributed by atoms with Gasteiger partial charge in [-0.05, 0) is 323 Å². The highest BCUT2D eigenvalue weighted by Gasteiger charge is 2.56. The van der Waals surface area contributed by atoms with Gasteiger partial charge in [-0.1, -0.05) is 189 Å². The van der Waals surface area contributed by atoms with Gasteiger partial charge in [0, 0.05) is 141 Å². The summed E-state index contributed by atoms with van der Waals surface area (Å²) < 4.78 is 34.4. The van der Waals surface area contributed by atoms with Crippen LogP contribution in [0.2, 0.25) is 0 Å². The Labute approximate surface area is 893 Å². The quantitative estimate of drug-likeness (QED) is 0.0347. The molecule has 16 aromatic carbocycles. The van der Waals surface area contributed by atoms with E-state index in [4.69, 9.17) is 28.4 Å². The molecule has 12 nitrogen and oxygen atoms in total. The average Bonchev–Trinajstić information content (AvgIpc) is 0.993. The standard InChI is InChI=1S/C26H23O2S.C25H29O2S.C22H21O2S.C21H19O2S.C19H21O2S.C18H19O2S/c27-26(21-13-12-19-8-2-3-9-20(19)18-21)28-24-14-15-25(29-16-6-1-7-17-29)23-11-5-4-10-22(23)24;26-24(25-14-17-11-18(15-25)13-19(12-17)16-25)27-22-7-8-23(28-9-3-4-10-28)21-6-2-1-5-20(21)22;23-22(17-9-3-1-4-10-17)24-20-13-14-21(25-15-7-2-8-16-25)19-12-6-5-11-18(19)20;22-21(16-8-2-1-3-9-16)23-19-12-13-20(24-14-6-7-15-24)18-11-5-4-10-17(18)19;1-14(2)19(20)21-17-10-11-18(22-12-6-3-7-13-22)16-9-5-4-8-15(16)17;1-13(2)18(19)20-16-9-10-17(21-11-5-6-12-21)15-8-4-3-7-14(15)16/h2-5,8-15,18H,1,6-7,16-17H2;1-2,5-8,17-19H,3-4,9-16H2;1,3-6,9-14H,2,7-8,15-16H2;1-5,8-13H,6-7,14-15H2;4-5,8-11H,1,3,6-7,12-13H2,2H3;3-4,7-10H,1,5-6,11-12H2,2H3/q6*+1. The van der Waals surface area contributed by atoms with Crippen molar-refractivity contribution in [1.82, 2.24) is 0 Å². The van der Waals surface area contributed by atoms with Gasteiger partial charge >= 0.3 is 35.8 Å². The van der Waals surface area contributed by atoms with Crippen LogP contribution in [0.25, 0.3) is 75.4 Å². The highest BCUT2D eigenvalue weighted by atomic mass is 32.2. The normalized spacial score (nSPS) is 18.7. The summed E-state index contributed by atoms with van der Waals surface area (Å²) in [5, 5.41) is 15.8. The first-order chi connectivity index (χ1) is 73.0. The van der Waals surface area contributed by atoms with E-state index >= 15 is 0 Å². The maximum atomic E-state index is 13.4. The molecule has 0 unspecified atom stereocenters. The summed E-state index contributed by atoms with van der Waals surface area (Å²) in [6, 6.07) is 107. The third-order valence-corrected chi connectivity index (χ3v) is 45.5. The molecule has 4 aliphatic carbocycles. The first kappa shape index (κ1) is 104. The molecule has 16 aromatic rings. The van der Waals surface area contributed by atoms with Crippen molar-refractivity contribution in [2.75, 3.05) is 69.0 Å². The van der Waals surface area contributed by atoms with Crippen LogP contribution >= 0.6 is 0 Å². The monoisotopic (exact) mass is 2090 g/mol. The summed E-state index contributed by atoms with van der Waals surface area (Å²) in [7, 11) is 2.00. The zero-order chi connectivity index (χ0) is 102. The predicted octanol–water partition coefficient (Wildman–Crippen LogP) is 30.7. The summed E-state index contributed by atoms with van der Waals surface area (Å²) in [5.41, 5.74) is 2.36. The van der Waals surface area contributed by atoms with Crippen molar-refractivity contribution in [3.8, 4) is 34.5 Å². The molecule has 4 bridgehead atoms. The van der Waals surface area contributed by atoms with Gasteiger partial charge in [-0.2, -0.15) is 0 Å². The van der Waals surface area contributed by atoms with Gasteiger partial charge in [0.15, 0.2) is 29.4 Å². The Morgan fingerprint density at radius 1 is 0.228 bits per heavy atom. The molecule has 0 aromatic heterocycles. The lowest BCUT2D eigenvalue weighted by Crippen LogP contribution is -2.51. The molecule has 6 heterocycles. The van der Waals surface area contributed by atoms with Crippen molar-refractivity contribution >= 4 is 177 Å². The third kappa shape index (κ3) is 24.7. The fraction of sp³-hybridized carbons (Fsp3) is 0.298. The van der Waals surface area contributed by atoms with E-state index in [1.807, 2.05) is 158 Å². The second-order valence-electron chi connectivity index (χ2n) is 40.7. The molecule has 10 fully saturated rings. The Kier molecular flexibility index (Phi) is 34.3. The number of esters is 6. The van der Waals surface area contributed by atoms with Crippen LogP contribution in [0.3, 0.4) is 0 Å². The van der Waals surface area contributed by atoms with Gasteiger partial charge in [0.2, 0.25) is 0 Å². The Morgan fingerprint density at radius 3 is 0.718 bits per heavy atom. The molecule has 0 N–H and O–H groups in total. The minimum Gasteiger partial charge on any atom is -0.425 e. The maximum Gasteiger partial charge on any atom is 0.343 e. The number of rotatable bonds is 18. The SMILES string of the molecule is C=C(C)C(=O)Oc1ccc([S+]2CCCC2)c2ccccc12.C=C(C)C(=O)Oc1ccc([S+]2CCCCC2)c2ccccc12.O=C(Oc1ccc([S+]2CCCC2)c2ccccc12)C12CC3CC(CC(C3)C1)C2.O=C(Oc1ccc([S+]2CCCC2)c2ccccc12)c1ccccc1.O=C(Oc1ccc([S+]2CCCCC2)c2ccccc12)c1ccc2ccccc2c1.O=C(Oc1ccc([S+]2CCCCC2)c2ccccc12)c1ccccc1. The van der Waals surface area contributed by atoms with Crippen LogP contribution in [0.1, 0.15) is 180 Å². The summed E-state index contributed by atoms with van der Waals surface area (Å²) >= 11 is 0. The zero-order valence-corrected chi connectivity index (χ0v) is 90.3. The zero-order valence-electron chi connectivity index (χ0n) is 85.4. The van der Waals surface area contributed by atoms with Crippen LogP contribution in [-0.4, -0.2) is 105 Å². The van der Waals surface area contributed by atoms with E-state index in [9.17, 15) is 28.8 Å². The van der Waals surface area contributed by atoms with E-state index < -0.39 is 0 Å². The molecule has 10 aliphatic rings. The van der Waals surface area contributed by atoms with E-state index in [0.29, 0.717) is 122 Å². The van der Waals surface area contributed by atoms with E-state index in [2.05, 4.69) is 153 Å². The molecule has 0 amide bonds. The van der Waals surface area contributed by atoms with Crippen molar-refractivity contribution in [1.29, 1.82) is 0 Å². The molecule has 6 saturated heterocycles. The number of hydrogen-bond donors (Lipinski definition) is 0. The molecular formula is C131H132O12S6+6. The Bertz CT molecular complexity index is 7540. The van der Waals surface area contributed by atoms with Crippen molar-refractivity contribution in [2.24, 2.45) is 23.2 Å². The van der Waals surface area contributed by atoms with E-state index in [1.54, 1.807) is 38.1 Å². The molecule has 4 saturated carbocycles. The van der Waals surface area contributed by atoms with Crippen LogP contribution in [0.4, 0.5) is 0 Å². The third-order valence-electron chi connectivity index (χ3n) is 30.3. The van der Waals surface area contributed by atoms with E-state index in [-0.39, 0.29) is 41.2 Å². The Hall–Kier alpha value is -12.3. The lowest BCUT2D eigenvalue weighted by atomic mass is 9.49. The maximum absolute atomic E-state index is 13.4. The fourth-order valence-electron chi connectivity index (χ4n) is 23.2. The summed E-state index contributed by atoms with van der Waals surface area (Å²) in [4.78, 5) is 83.3. The summed E-state index contributed by atoms with van der Waals surface area (Å²) in [6.45, 7) is 10.6. The Balaban J connectivity index is 0.000000109. The van der Waals surface area contributed by atoms with E-state index in [0.717, 1.165) is 85.9 Å². The number of ether oxygens (including phenoxy) is 6. The van der Waals surface area contributed by atoms with Crippen molar-refractivity contribution in [3.05, 3.63) is 363 Å². The lowest BCUT2D eigenvalue weighted by Gasteiger charge is -2.55. The van der Waals surface area contributed by atoms with Gasteiger partial charge in [0.1, 0.15) is 104 Å². The average molecular weight is 2090 g/mol. The van der Waals surface area contributed by atoms with Gasteiger partial charge in [-0.3, -0.25) is 4.79 Å². The largest absolute Gasteiger partial charge is 0.425 e. The molecule has 0 atom stereocenters. The van der Waals surface area contributed by atoms with Crippen LogP contribution < -0.4 is 28.4 Å². The molecule has 0 spiro atoms. The molecular weight excluding hydrogens is 1960 g/mol. The van der Waals surface area contributed by atoms with E-state index in [1.165, 1.54) is 246 Å². The number of benzene rings is 16. The molecule has 18 heteroatoms. The fourth-order valence-corrected chi connectivity index (χ4v) is 38.2. The lowest BCUT2D eigenvalue weighted by molar-refractivity contribution is -0.161. The van der Waals surface area contributed by atoms with Crippen LogP contribution in [0.5, 0.6) is 34.5 Å². The van der Waals surface area contributed by atoms with Gasteiger partial charge < -0.3 is 28.4 Å². The van der Waals surface area contributed by atoms with Gasteiger partial charge in [0.05, 0.1) is 22.1 Å². The van der Waals surface area contributed by atoms with Crippen molar-refractivity contribution in [3.63, 3.8) is 0 Å². The molecule has 149 heavy (non-hydrogen) atoms. The second kappa shape index (κ2) is 49.2. The number of fused-ring (bicyclic) bond motifs is 7. The van der Waals surface area contributed by atoms with Gasteiger partial charge in [-0.25, -0.2) is 24.0 Å². The minimum absolute atomic E-state index is 0.0628. The van der Waals surface area contributed by atoms with Gasteiger partial charge in [-0.15, -0.1) is 0 Å². The number of hydrogen-bond acceptors (Lipinski definition) is 12. The molecule has 0 radical (unpaired) electrons. The van der Waals surface area contributed by atoms with Crippen LogP contribution in [0, 0.1) is 23.2 Å². The van der Waals surface area contributed by atoms with Crippen LogP contribution in [-0.2, 0) is 79.8 Å². The second-order valence-corrected chi connectivity index (χ2v) is 54.2. The first-order valence-electron chi connectivity index (χ1n) is 53.4. The Morgan fingerprint density at radius 2 is 0.450 bits per heavy atom. The highest BCUT2D eigenvalue weighted by molar-refractivity contribution is 7.98. The predicted molar refractivity (Wildman–Crippen MR) is 624 cm³/mol. The summed E-state index contributed by atoms with van der Waals surface area (Å²) in [5.74, 6) is 20.2. The van der Waals surface area contributed by atoms with Crippen LogP contribution in [0.15, 0.2) is 375 Å². The summed E-state index contributed by atoms with van der Waals surface area (Å²) in [6.07, 6.45) is 27.2. The minimum atomic E-state index is -0.365. The number of carbonyl (C=O) groups excluding carboxylic acids is 6. The molecule has 758 valence electrons. The molecule has 26 rings (SSSR count). The topological polar surface area (TPSA) is 158 Å². The number of carbonyl (C=O) groups is 6.